The van der Waals surface area contributed by atoms with Gasteiger partial charge in [0.05, 0.1) is 0 Å². The van der Waals surface area contributed by atoms with E-state index < -0.39 is 18.1 Å². The molecule has 1 aliphatic carbocycles. The summed E-state index contributed by atoms with van der Waals surface area (Å²) in [4.78, 5) is 24.3. The van der Waals surface area contributed by atoms with Crippen molar-refractivity contribution in [2.45, 2.75) is 44.6 Å². The molecule has 3 aromatic rings. The first-order valence-corrected chi connectivity index (χ1v) is 11.2. The van der Waals surface area contributed by atoms with Crippen molar-refractivity contribution in [2.24, 2.45) is 0 Å². The Hall–Kier alpha value is -3.60. The predicted octanol–water partition coefficient (Wildman–Crippen LogP) is 5.52. The third-order valence-electron chi connectivity index (χ3n) is 6.19. The highest BCUT2D eigenvalue weighted by atomic mass is 16.6. The van der Waals surface area contributed by atoms with Gasteiger partial charge in [-0.25, -0.2) is 9.59 Å². The van der Waals surface area contributed by atoms with Gasteiger partial charge in [-0.2, -0.15) is 0 Å². The van der Waals surface area contributed by atoms with Crippen LogP contribution in [0.1, 0.15) is 48.9 Å². The van der Waals surface area contributed by atoms with E-state index >= 15 is 0 Å². The van der Waals surface area contributed by atoms with Crippen molar-refractivity contribution < 1.29 is 19.4 Å². The van der Waals surface area contributed by atoms with Crippen LogP contribution in [0, 0.1) is 0 Å². The van der Waals surface area contributed by atoms with Crippen LogP contribution in [0.4, 0.5) is 4.79 Å². The number of carboxylic acids is 1. The maximum atomic E-state index is 12.5. The molecule has 0 aliphatic heterocycles. The molecular weight excluding hydrogens is 415 g/mol. The van der Waals surface area contributed by atoms with Gasteiger partial charge in [-0.15, -0.1) is 0 Å². The maximum absolute atomic E-state index is 12.5. The Balaban J connectivity index is 1.41. The number of rotatable bonds is 6. The zero-order valence-electron chi connectivity index (χ0n) is 19.2. The number of hydrogen-bond acceptors (Lipinski definition) is 3. The second kappa shape index (κ2) is 9.10. The van der Waals surface area contributed by atoms with Gasteiger partial charge in [0, 0.05) is 12.3 Å². The molecule has 0 heterocycles. The third kappa shape index (κ3) is 4.92. The highest BCUT2D eigenvalue weighted by Crippen LogP contribution is 2.44. The number of carbonyl (C=O) groups excluding carboxylic acids is 1. The SMILES string of the molecule is CC(C)(C)c1ccc(C[C@H]([15NH]C(=O)OCC2c3ccccc3-c3ccccc32)C(=O)O)cc1. The molecule has 1 aliphatic rings. The molecule has 5 nitrogen and oxygen atoms in total. The van der Waals surface area contributed by atoms with Gasteiger partial charge in [0.15, 0.2) is 0 Å². The average Bonchev–Trinajstić information content (AvgIpc) is 3.11. The van der Waals surface area contributed by atoms with E-state index in [0.29, 0.717) is 0 Å². The second-order valence-corrected chi connectivity index (χ2v) is 9.51. The molecule has 3 aromatic carbocycles. The largest absolute Gasteiger partial charge is 0.480 e. The van der Waals surface area contributed by atoms with Crippen LogP contribution in [0.5, 0.6) is 0 Å². The van der Waals surface area contributed by atoms with Crippen LogP contribution in [0.3, 0.4) is 0 Å². The lowest BCUT2D eigenvalue weighted by Gasteiger charge is -2.20. The Morgan fingerprint density at radius 3 is 1.97 bits per heavy atom. The molecule has 0 unspecified atom stereocenters. The summed E-state index contributed by atoms with van der Waals surface area (Å²) < 4.78 is 5.51. The number of carbonyl (C=O) groups is 2. The number of ether oxygens (including phenoxy) is 1. The van der Waals surface area contributed by atoms with Crippen molar-refractivity contribution in [2.75, 3.05) is 6.61 Å². The number of fused-ring (bicyclic) bond motifs is 3. The van der Waals surface area contributed by atoms with Crippen LogP contribution >= 0.6 is 0 Å². The van der Waals surface area contributed by atoms with Crippen molar-refractivity contribution in [3.8, 4) is 11.1 Å². The lowest BCUT2D eigenvalue weighted by atomic mass is 9.86. The number of carboxylic acid groups (broad SMARTS) is 1. The minimum atomic E-state index is -1.09. The van der Waals surface area contributed by atoms with Crippen LogP contribution in [0.15, 0.2) is 72.8 Å². The van der Waals surface area contributed by atoms with E-state index in [4.69, 9.17) is 4.74 Å². The normalized spacial score (nSPS) is 13.7. The third-order valence-corrected chi connectivity index (χ3v) is 6.19. The first-order chi connectivity index (χ1) is 15.7. The molecule has 1 atom stereocenters. The van der Waals surface area contributed by atoms with E-state index in [9.17, 15) is 14.7 Å². The minimum Gasteiger partial charge on any atom is -0.480 e. The van der Waals surface area contributed by atoms with Gasteiger partial charge in [0.1, 0.15) is 12.6 Å². The van der Waals surface area contributed by atoms with Crippen molar-refractivity contribution in [1.29, 1.82) is 0 Å². The monoisotopic (exact) mass is 444 g/mol. The molecule has 1 amide bonds. The Morgan fingerprint density at radius 1 is 0.909 bits per heavy atom. The summed E-state index contributed by atoms with van der Waals surface area (Å²) in [6.07, 6.45) is -0.542. The van der Waals surface area contributed by atoms with Gasteiger partial charge in [-0.3, -0.25) is 0 Å². The summed E-state index contributed by atoms with van der Waals surface area (Å²) in [5.41, 5.74) is 6.54. The topological polar surface area (TPSA) is 75.6 Å². The Kier molecular flexibility index (Phi) is 6.23. The van der Waals surface area contributed by atoms with Crippen molar-refractivity contribution in [3.05, 3.63) is 95.1 Å². The van der Waals surface area contributed by atoms with E-state index in [1.807, 2.05) is 60.7 Å². The lowest BCUT2D eigenvalue weighted by Crippen LogP contribution is -2.42. The van der Waals surface area contributed by atoms with Crippen molar-refractivity contribution in [3.63, 3.8) is 0 Å². The van der Waals surface area contributed by atoms with Gasteiger partial charge in [-0.1, -0.05) is 93.6 Å². The predicted molar refractivity (Wildman–Crippen MR) is 128 cm³/mol. The van der Waals surface area contributed by atoms with Gasteiger partial charge in [0.25, 0.3) is 0 Å². The van der Waals surface area contributed by atoms with Crippen molar-refractivity contribution in [1.82, 2.24) is 5.32 Å². The first-order valence-electron chi connectivity index (χ1n) is 11.2. The van der Waals surface area contributed by atoms with Crippen LogP contribution in [0.2, 0.25) is 0 Å². The summed E-state index contributed by atoms with van der Waals surface area (Å²) in [6, 6.07) is 22.9. The molecule has 33 heavy (non-hydrogen) atoms. The Bertz CT molecular complexity index is 1120. The molecule has 0 saturated heterocycles. The van der Waals surface area contributed by atoms with Crippen LogP contribution in [0.25, 0.3) is 11.1 Å². The van der Waals surface area contributed by atoms with Gasteiger partial charge in [0.2, 0.25) is 0 Å². The molecule has 0 bridgehead atoms. The Labute approximate surface area is 194 Å². The smallest absolute Gasteiger partial charge is 0.407 e. The minimum absolute atomic E-state index is 0.0181. The molecule has 0 radical (unpaired) electrons. The number of benzene rings is 3. The number of aliphatic carboxylic acids is 1. The zero-order chi connectivity index (χ0) is 23.6. The standard InChI is InChI=1S/C28H29NO4/c1-28(2,3)19-14-12-18(13-15-19)16-25(26(30)31)29-27(32)33-17-24-22-10-6-4-8-20(22)21-9-5-7-11-23(21)24/h4-15,24-25H,16-17H2,1-3H3,(H,29,32)(H,30,31)/t25-/m0/s1/i29+1. The summed E-state index contributed by atoms with van der Waals surface area (Å²) in [7, 11) is 0. The van der Waals surface area contributed by atoms with E-state index in [1.54, 1.807) is 0 Å². The van der Waals surface area contributed by atoms with Gasteiger partial charge in [-0.05, 0) is 38.8 Å². The summed E-state index contributed by atoms with van der Waals surface area (Å²) in [5.74, 6) is -1.17. The van der Waals surface area contributed by atoms with E-state index in [1.165, 1.54) is 5.56 Å². The summed E-state index contributed by atoms with van der Waals surface area (Å²) in [6.45, 7) is 6.52. The molecule has 2 N–H and O–H groups in total. The molecule has 170 valence electrons. The molecule has 4 rings (SSSR count). The van der Waals surface area contributed by atoms with Crippen LogP contribution < -0.4 is 5.32 Å². The number of hydrogen-bond donors (Lipinski definition) is 2. The fourth-order valence-electron chi connectivity index (χ4n) is 4.36. The molecule has 0 spiro atoms. The fraction of sp³-hybridized carbons (Fsp3) is 0.286. The summed E-state index contributed by atoms with van der Waals surface area (Å²) in [5, 5.41) is 12.2. The summed E-state index contributed by atoms with van der Waals surface area (Å²) >= 11 is 0. The quantitative estimate of drug-likeness (QED) is 0.491. The molecule has 0 saturated carbocycles. The van der Waals surface area contributed by atoms with Gasteiger partial charge < -0.3 is 15.2 Å². The van der Waals surface area contributed by atoms with E-state index in [2.05, 4.69) is 38.2 Å². The van der Waals surface area contributed by atoms with E-state index in [-0.39, 0.29) is 24.4 Å². The lowest BCUT2D eigenvalue weighted by molar-refractivity contribution is -0.139. The highest BCUT2D eigenvalue weighted by molar-refractivity contribution is 5.81. The second-order valence-electron chi connectivity index (χ2n) is 9.51. The number of alkyl carbamates (subject to hydrolysis) is 1. The Morgan fingerprint density at radius 2 is 1.45 bits per heavy atom. The molecular formula is C28H29NO4. The van der Waals surface area contributed by atoms with E-state index in [0.717, 1.165) is 27.8 Å². The van der Waals surface area contributed by atoms with Crippen molar-refractivity contribution >= 4 is 12.1 Å². The van der Waals surface area contributed by atoms with Crippen LogP contribution in [-0.2, 0) is 21.4 Å². The first kappa shape index (κ1) is 22.6. The number of nitrogens with one attached hydrogen (secondary N) is 1. The number of amides is 1. The molecule has 5 heteroatoms. The maximum Gasteiger partial charge on any atom is 0.407 e. The zero-order valence-corrected chi connectivity index (χ0v) is 19.2. The average molecular weight is 445 g/mol. The van der Waals surface area contributed by atoms with Gasteiger partial charge >= 0.3 is 12.1 Å². The fourth-order valence-corrected chi connectivity index (χ4v) is 4.36. The molecule has 0 fully saturated rings. The van der Waals surface area contributed by atoms with Crippen LogP contribution in [-0.4, -0.2) is 29.8 Å². The highest BCUT2D eigenvalue weighted by Gasteiger charge is 2.29. The molecule has 0 aromatic heterocycles.